The molecule has 0 amide bonds. The highest BCUT2D eigenvalue weighted by molar-refractivity contribution is 5.39. The van der Waals surface area contributed by atoms with Gasteiger partial charge in [0.25, 0.3) is 0 Å². The minimum Gasteiger partial charge on any atom is -0.353 e. The van der Waals surface area contributed by atoms with Gasteiger partial charge in [0.1, 0.15) is 6.07 Å². The van der Waals surface area contributed by atoms with Crippen LogP contribution in [0.25, 0.3) is 0 Å². The van der Waals surface area contributed by atoms with E-state index in [1.54, 1.807) is 6.07 Å². The topological polar surface area (TPSA) is 56.0 Å². The van der Waals surface area contributed by atoms with Crippen molar-refractivity contribution in [3.05, 3.63) is 17.8 Å². The van der Waals surface area contributed by atoms with Gasteiger partial charge in [0.2, 0.25) is 0 Å². The molecule has 0 atom stereocenters. The lowest BCUT2D eigenvalue weighted by Crippen LogP contribution is -2.51. The van der Waals surface area contributed by atoms with Gasteiger partial charge in [-0.3, -0.25) is 4.90 Å². The van der Waals surface area contributed by atoms with Crippen LogP contribution in [-0.2, 0) is 0 Å². The third-order valence-electron chi connectivity index (χ3n) is 5.60. The van der Waals surface area contributed by atoms with E-state index in [1.807, 2.05) is 12.1 Å². The second kappa shape index (κ2) is 7.27. The normalized spacial score (nSPS) is 26.3. The van der Waals surface area contributed by atoms with Crippen molar-refractivity contribution in [2.75, 3.05) is 31.1 Å². The summed E-state index contributed by atoms with van der Waals surface area (Å²) in [7, 11) is 0. The van der Waals surface area contributed by atoms with Crippen molar-refractivity contribution < 1.29 is 0 Å². The van der Waals surface area contributed by atoms with Crippen LogP contribution < -0.4 is 4.90 Å². The van der Waals surface area contributed by atoms with Gasteiger partial charge in [-0.05, 0) is 49.7 Å². The second-order valence-electron chi connectivity index (χ2n) is 7.22. The molecule has 3 rings (SSSR count). The third-order valence-corrected chi connectivity index (χ3v) is 5.60. The molecule has 1 saturated heterocycles. The van der Waals surface area contributed by atoms with Gasteiger partial charge in [-0.15, -0.1) is 10.2 Å². The summed E-state index contributed by atoms with van der Waals surface area (Å²) in [6, 6.07) is 6.46. The number of hydrogen-bond acceptors (Lipinski definition) is 5. The Bertz CT molecular complexity index is 532. The molecule has 1 aliphatic carbocycles. The van der Waals surface area contributed by atoms with Crippen LogP contribution in [0, 0.1) is 23.2 Å². The lowest BCUT2D eigenvalue weighted by atomic mass is 9.79. The molecule has 0 spiro atoms. The number of rotatable bonds is 3. The monoisotopic (exact) mass is 313 g/mol. The van der Waals surface area contributed by atoms with E-state index in [-0.39, 0.29) is 0 Å². The van der Waals surface area contributed by atoms with Crippen LogP contribution in [0.15, 0.2) is 12.1 Å². The smallest absolute Gasteiger partial charge is 0.163 e. The summed E-state index contributed by atoms with van der Waals surface area (Å²) in [6.45, 7) is 8.96. The minimum atomic E-state index is 0.384. The Morgan fingerprint density at radius 3 is 2.26 bits per heavy atom. The quantitative estimate of drug-likeness (QED) is 0.859. The Balaban J connectivity index is 1.50. The van der Waals surface area contributed by atoms with E-state index < -0.39 is 0 Å². The molecule has 0 radical (unpaired) electrons. The molecule has 124 valence electrons. The second-order valence-corrected chi connectivity index (χ2v) is 7.22. The van der Waals surface area contributed by atoms with Crippen molar-refractivity contribution in [2.45, 2.75) is 45.6 Å². The van der Waals surface area contributed by atoms with Crippen LogP contribution >= 0.6 is 0 Å². The van der Waals surface area contributed by atoms with Crippen LogP contribution in [0.1, 0.15) is 45.2 Å². The number of nitriles is 1. The molecular formula is C18H27N5. The number of hydrogen-bond donors (Lipinski definition) is 0. The lowest BCUT2D eigenvalue weighted by molar-refractivity contribution is 0.117. The fourth-order valence-corrected chi connectivity index (χ4v) is 4.00. The Kier molecular flexibility index (Phi) is 5.12. The molecule has 2 heterocycles. The standard InChI is InChI=1S/C18H27N5/c1-14(2)15-3-6-17(7-4-15)22-9-11-23(12-10-22)18-8-5-16(13-19)20-21-18/h5,8,14-15,17H,3-4,6-7,9-12H2,1-2H3. The number of anilines is 1. The van der Waals surface area contributed by atoms with E-state index >= 15 is 0 Å². The molecule has 5 heteroatoms. The average Bonchev–Trinajstić information content (AvgIpc) is 2.62. The number of nitrogens with zero attached hydrogens (tertiary/aromatic N) is 5. The molecule has 2 aliphatic rings. The van der Waals surface area contributed by atoms with Gasteiger partial charge < -0.3 is 4.90 Å². The highest BCUT2D eigenvalue weighted by Crippen LogP contribution is 2.32. The Morgan fingerprint density at radius 1 is 1.04 bits per heavy atom. The zero-order chi connectivity index (χ0) is 16.2. The van der Waals surface area contributed by atoms with E-state index in [4.69, 9.17) is 5.26 Å². The fourth-order valence-electron chi connectivity index (χ4n) is 4.00. The van der Waals surface area contributed by atoms with Crippen LogP contribution in [-0.4, -0.2) is 47.3 Å². The molecule has 2 fully saturated rings. The van der Waals surface area contributed by atoms with Crippen molar-refractivity contribution in [3.8, 4) is 6.07 Å². The van der Waals surface area contributed by atoms with Gasteiger partial charge in [0.05, 0.1) is 0 Å². The molecule has 5 nitrogen and oxygen atoms in total. The van der Waals surface area contributed by atoms with Gasteiger partial charge in [-0.1, -0.05) is 13.8 Å². The first-order valence-electron chi connectivity index (χ1n) is 8.90. The summed E-state index contributed by atoms with van der Waals surface area (Å²) < 4.78 is 0. The Labute approximate surface area is 139 Å². The molecule has 0 unspecified atom stereocenters. The van der Waals surface area contributed by atoms with Crippen LogP contribution in [0.5, 0.6) is 0 Å². The maximum Gasteiger partial charge on any atom is 0.163 e. The summed E-state index contributed by atoms with van der Waals surface area (Å²) in [5, 5.41) is 16.9. The number of piperazine rings is 1. The number of aromatic nitrogens is 2. The summed E-state index contributed by atoms with van der Waals surface area (Å²) in [5.41, 5.74) is 0.384. The first-order chi connectivity index (χ1) is 11.2. The molecule has 1 saturated carbocycles. The van der Waals surface area contributed by atoms with E-state index in [0.717, 1.165) is 49.9 Å². The largest absolute Gasteiger partial charge is 0.353 e. The van der Waals surface area contributed by atoms with Crippen molar-refractivity contribution in [1.82, 2.24) is 15.1 Å². The first-order valence-corrected chi connectivity index (χ1v) is 8.90. The van der Waals surface area contributed by atoms with E-state index in [0.29, 0.717) is 5.69 Å². The van der Waals surface area contributed by atoms with Crippen molar-refractivity contribution >= 4 is 5.82 Å². The minimum absolute atomic E-state index is 0.384. The summed E-state index contributed by atoms with van der Waals surface area (Å²) in [5.74, 6) is 2.66. The fraction of sp³-hybridized carbons (Fsp3) is 0.722. The Hall–Kier alpha value is -1.67. The van der Waals surface area contributed by atoms with Gasteiger partial charge in [-0.2, -0.15) is 5.26 Å². The van der Waals surface area contributed by atoms with Gasteiger partial charge in [-0.25, -0.2) is 0 Å². The third kappa shape index (κ3) is 3.81. The van der Waals surface area contributed by atoms with Crippen LogP contribution in [0.4, 0.5) is 5.82 Å². The molecule has 0 N–H and O–H groups in total. The molecular weight excluding hydrogens is 286 g/mol. The summed E-state index contributed by atoms with van der Waals surface area (Å²) >= 11 is 0. The molecule has 1 aliphatic heterocycles. The highest BCUT2D eigenvalue weighted by Gasteiger charge is 2.29. The predicted molar refractivity (Wildman–Crippen MR) is 91.1 cm³/mol. The van der Waals surface area contributed by atoms with Crippen molar-refractivity contribution in [3.63, 3.8) is 0 Å². The highest BCUT2D eigenvalue weighted by atomic mass is 15.3. The van der Waals surface area contributed by atoms with E-state index in [9.17, 15) is 0 Å². The SMILES string of the molecule is CC(C)C1CCC(N2CCN(c3ccc(C#N)nn3)CC2)CC1. The summed E-state index contributed by atoms with van der Waals surface area (Å²) in [6.07, 6.45) is 5.51. The van der Waals surface area contributed by atoms with Crippen LogP contribution in [0.2, 0.25) is 0 Å². The van der Waals surface area contributed by atoms with Crippen molar-refractivity contribution in [2.24, 2.45) is 11.8 Å². The molecule has 0 aromatic carbocycles. The van der Waals surface area contributed by atoms with Crippen LogP contribution in [0.3, 0.4) is 0 Å². The molecule has 0 bridgehead atoms. The van der Waals surface area contributed by atoms with E-state index in [2.05, 4.69) is 33.8 Å². The molecule has 1 aromatic heterocycles. The van der Waals surface area contributed by atoms with Gasteiger partial charge >= 0.3 is 0 Å². The van der Waals surface area contributed by atoms with Crippen molar-refractivity contribution in [1.29, 1.82) is 5.26 Å². The predicted octanol–water partition coefficient (Wildman–Crippen LogP) is 2.69. The maximum absolute atomic E-state index is 8.80. The van der Waals surface area contributed by atoms with Gasteiger partial charge in [0.15, 0.2) is 11.5 Å². The van der Waals surface area contributed by atoms with E-state index in [1.165, 1.54) is 25.7 Å². The molecule has 1 aromatic rings. The molecule has 23 heavy (non-hydrogen) atoms. The Morgan fingerprint density at radius 2 is 1.74 bits per heavy atom. The van der Waals surface area contributed by atoms with Gasteiger partial charge in [0, 0.05) is 32.2 Å². The zero-order valence-corrected chi connectivity index (χ0v) is 14.3. The maximum atomic E-state index is 8.80. The lowest BCUT2D eigenvalue weighted by Gasteiger charge is -2.42. The zero-order valence-electron chi connectivity index (χ0n) is 14.3. The average molecular weight is 313 g/mol. The summed E-state index contributed by atoms with van der Waals surface area (Å²) in [4.78, 5) is 4.95. The first kappa shape index (κ1) is 16.2.